The van der Waals surface area contributed by atoms with E-state index < -0.39 is 17.6 Å². The van der Waals surface area contributed by atoms with Crippen LogP contribution in [0.25, 0.3) is 16.9 Å². The first kappa shape index (κ1) is 26.8. The van der Waals surface area contributed by atoms with E-state index in [4.69, 9.17) is 21.1 Å². The molecule has 38 heavy (non-hydrogen) atoms. The van der Waals surface area contributed by atoms with Gasteiger partial charge in [0.2, 0.25) is 11.9 Å². The van der Waals surface area contributed by atoms with Gasteiger partial charge in [0, 0.05) is 36.1 Å². The second-order valence-corrected chi connectivity index (χ2v) is 8.71. The lowest BCUT2D eigenvalue weighted by Crippen LogP contribution is -2.40. The maximum Gasteiger partial charge on any atom is 0.257 e. The molecular weight excluding hydrogens is 511 g/mol. The van der Waals surface area contributed by atoms with Crippen molar-refractivity contribution in [2.24, 2.45) is 0 Å². The fourth-order valence-electron chi connectivity index (χ4n) is 3.76. The monoisotopic (exact) mass is 536 g/mol. The molecule has 2 amide bonds. The van der Waals surface area contributed by atoms with E-state index in [0.29, 0.717) is 16.5 Å². The number of halogens is 2. The molecule has 0 bridgehead atoms. The zero-order valence-electron chi connectivity index (χ0n) is 20.9. The molecule has 0 spiro atoms. The fraction of sp³-hybridized carbons (Fsp3) is 0.179. The van der Waals surface area contributed by atoms with Crippen molar-refractivity contribution in [2.45, 2.75) is 0 Å². The third-order valence-electron chi connectivity index (χ3n) is 5.74. The van der Waals surface area contributed by atoms with Crippen molar-refractivity contribution in [3.63, 3.8) is 0 Å². The van der Waals surface area contributed by atoms with Gasteiger partial charge < -0.3 is 14.4 Å². The molecule has 0 saturated heterocycles. The molecule has 0 saturated carbocycles. The zero-order chi connectivity index (χ0) is 27.1. The predicted molar refractivity (Wildman–Crippen MR) is 143 cm³/mol. The average molecular weight is 537 g/mol. The maximum absolute atomic E-state index is 14.3. The number of nitrogens with zero attached hydrogens (tertiary/aromatic N) is 3. The van der Waals surface area contributed by atoms with Crippen LogP contribution in [0.15, 0.2) is 79.0 Å². The van der Waals surface area contributed by atoms with Gasteiger partial charge in [0.15, 0.2) is 0 Å². The Kier molecular flexibility index (Phi) is 8.73. The van der Waals surface area contributed by atoms with Crippen LogP contribution in [0, 0.1) is 5.82 Å². The molecule has 4 aromatic rings. The number of nitrogens with one attached hydrogen (secondary N) is 1. The second-order valence-electron chi connectivity index (χ2n) is 8.27. The van der Waals surface area contributed by atoms with Crippen molar-refractivity contribution in [2.75, 3.05) is 39.2 Å². The second kappa shape index (κ2) is 12.4. The van der Waals surface area contributed by atoms with Gasteiger partial charge in [-0.05, 0) is 48.5 Å². The Morgan fingerprint density at radius 2 is 1.74 bits per heavy atom. The van der Waals surface area contributed by atoms with E-state index in [2.05, 4.69) is 10.3 Å². The molecule has 3 aromatic carbocycles. The van der Waals surface area contributed by atoms with E-state index >= 15 is 0 Å². The molecular formula is C28H26ClFN4O4. The maximum atomic E-state index is 14.3. The highest BCUT2D eigenvalue weighted by atomic mass is 35.5. The number of hydrogen-bond donors (Lipinski definition) is 1. The van der Waals surface area contributed by atoms with Crippen molar-refractivity contribution in [1.29, 1.82) is 0 Å². The number of methoxy groups -OCH3 is 2. The van der Waals surface area contributed by atoms with E-state index in [-0.39, 0.29) is 31.2 Å². The molecule has 0 radical (unpaired) electrons. The fourth-order valence-corrected chi connectivity index (χ4v) is 3.89. The molecule has 0 aliphatic rings. The molecule has 8 nitrogen and oxygen atoms in total. The number of imidazole rings is 1. The van der Waals surface area contributed by atoms with Gasteiger partial charge in [0.25, 0.3) is 5.91 Å². The first-order chi connectivity index (χ1) is 18.4. The lowest BCUT2D eigenvalue weighted by Gasteiger charge is -2.22. The molecule has 0 fully saturated rings. The summed E-state index contributed by atoms with van der Waals surface area (Å²) in [6.07, 6.45) is 1.79. The number of amides is 2. The number of rotatable bonds is 10. The summed E-state index contributed by atoms with van der Waals surface area (Å²) in [7, 11) is 3.06. The van der Waals surface area contributed by atoms with Crippen molar-refractivity contribution in [1.82, 2.24) is 14.5 Å². The largest absolute Gasteiger partial charge is 0.497 e. The van der Waals surface area contributed by atoms with E-state index in [1.807, 2.05) is 24.3 Å². The van der Waals surface area contributed by atoms with Crippen LogP contribution in [0.1, 0.15) is 10.4 Å². The van der Waals surface area contributed by atoms with Gasteiger partial charge in [-0.1, -0.05) is 35.9 Å². The summed E-state index contributed by atoms with van der Waals surface area (Å²) in [6.45, 7) is -0.0586. The van der Waals surface area contributed by atoms with Crippen molar-refractivity contribution in [3.05, 3.63) is 95.4 Å². The van der Waals surface area contributed by atoms with Crippen LogP contribution in [-0.2, 0) is 9.53 Å². The minimum atomic E-state index is -0.664. The van der Waals surface area contributed by atoms with E-state index in [1.54, 1.807) is 48.2 Å². The van der Waals surface area contributed by atoms with Gasteiger partial charge in [0.05, 0.1) is 25.0 Å². The third kappa shape index (κ3) is 6.37. The Balaban J connectivity index is 1.62. The Morgan fingerprint density at radius 1 is 1.03 bits per heavy atom. The van der Waals surface area contributed by atoms with Gasteiger partial charge in [-0.3, -0.25) is 19.5 Å². The van der Waals surface area contributed by atoms with Crippen molar-refractivity contribution < 1.29 is 23.5 Å². The van der Waals surface area contributed by atoms with Crippen LogP contribution < -0.4 is 10.1 Å². The van der Waals surface area contributed by atoms with Gasteiger partial charge in [-0.2, -0.15) is 0 Å². The summed E-state index contributed by atoms with van der Waals surface area (Å²) >= 11 is 6.03. The highest BCUT2D eigenvalue weighted by molar-refractivity contribution is 6.30. The Labute approximate surface area is 224 Å². The number of hydrogen-bond acceptors (Lipinski definition) is 5. The number of benzene rings is 3. The average Bonchev–Trinajstić information content (AvgIpc) is 3.34. The van der Waals surface area contributed by atoms with Crippen molar-refractivity contribution in [3.8, 4) is 22.7 Å². The lowest BCUT2D eigenvalue weighted by atomic mass is 10.2. The van der Waals surface area contributed by atoms with Crippen LogP contribution in [-0.4, -0.2) is 60.2 Å². The molecule has 196 valence electrons. The molecule has 1 N–H and O–H groups in total. The molecule has 4 rings (SSSR count). The third-order valence-corrected chi connectivity index (χ3v) is 5.99. The Morgan fingerprint density at radius 3 is 2.39 bits per heavy atom. The summed E-state index contributed by atoms with van der Waals surface area (Å²) in [5, 5.41) is 3.38. The minimum Gasteiger partial charge on any atom is -0.497 e. The van der Waals surface area contributed by atoms with Gasteiger partial charge in [-0.25, -0.2) is 9.37 Å². The number of aromatic nitrogens is 2. The quantitative estimate of drug-likeness (QED) is 0.306. The molecule has 1 aromatic heterocycles. The summed E-state index contributed by atoms with van der Waals surface area (Å²) in [6, 6.07) is 20.0. The molecule has 0 unspecified atom stereocenters. The van der Waals surface area contributed by atoms with Gasteiger partial charge in [0.1, 0.15) is 18.1 Å². The van der Waals surface area contributed by atoms with Crippen LogP contribution in [0.4, 0.5) is 10.3 Å². The Bertz CT molecular complexity index is 1410. The standard InChI is InChI=1S/C28H26ClFN4O4/c1-37-16-15-33(27(36)23-5-3-4-6-24(23)30)18-26(35)32-28-31-25(19-7-9-20(29)10-8-19)17-34(28)21-11-13-22(38-2)14-12-21/h3-14,17H,15-16,18H2,1-2H3,(H,31,32,35). The summed E-state index contributed by atoms with van der Waals surface area (Å²) in [5.41, 5.74) is 2.01. The zero-order valence-corrected chi connectivity index (χ0v) is 21.6. The summed E-state index contributed by atoms with van der Waals surface area (Å²) in [5.74, 6) is -0.861. The van der Waals surface area contributed by atoms with Crippen LogP contribution in [0.5, 0.6) is 5.75 Å². The predicted octanol–water partition coefficient (Wildman–Crippen LogP) is 5.07. The normalized spacial score (nSPS) is 10.7. The van der Waals surface area contributed by atoms with Gasteiger partial charge in [-0.15, -0.1) is 0 Å². The number of carbonyl (C=O) groups excluding carboxylic acids is 2. The number of anilines is 1. The van der Waals surface area contributed by atoms with E-state index in [1.165, 1.54) is 30.2 Å². The smallest absolute Gasteiger partial charge is 0.257 e. The summed E-state index contributed by atoms with van der Waals surface area (Å²) in [4.78, 5) is 32.0. The molecule has 0 aliphatic carbocycles. The van der Waals surface area contributed by atoms with E-state index in [0.717, 1.165) is 11.3 Å². The van der Waals surface area contributed by atoms with Crippen LogP contribution >= 0.6 is 11.6 Å². The SMILES string of the molecule is COCCN(CC(=O)Nc1nc(-c2ccc(Cl)cc2)cn1-c1ccc(OC)cc1)C(=O)c1ccccc1F. The first-order valence-corrected chi connectivity index (χ1v) is 12.1. The van der Waals surface area contributed by atoms with Crippen LogP contribution in [0.3, 0.4) is 0 Å². The van der Waals surface area contributed by atoms with Crippen LogP contribution in [0.2, 0.25) is 5.02 Å². The number of ether oxygens (including phenoxy) is 2. The molecule has 0 atom stereocenters. The number of carbonyl (C=O) groups is 2. The first-order valence-electron chi connectivity index (χ1n) is 11.7. The molecule has 0 aliphatic heterocycles. The van der Waals surface area contributed by atoms with Gasteiger partial charge >= 0.3 is 0 Å². The molecule has 10 heteroatoms. The lowest BCUT2D eigenvalue weighted by molar-refractivity contribution is -0.117. The highest BCUT2D eigenvalue weighted by Crippen LogP contribution is 2.26. The van der Waals surface area contributed by atoms with Crippen molar-refractivity contribution >= 4 is 29.4 Å². The highest BCUT2D eigenvalue weighted by Gasteiger charge is 2.23. The topological polar surface area (TPSA) is 85.7 Å². The minimum absolute atomic E-state index is 0.0973. The summed E-state index contributed by atoms with van der Waals surface area (Å²) < 4.78 is 26.3. The Hall–Kier alpha value is -4.21. The molecule has 1 heterocycles. The van der Waals surface area contributed by atoms with E-state index in [9.17, 15) is 14.0 Å².